The number of benzene rings is 1. The van der Waals surface area contributed by atoms with Crippen molar-refractivity contribution in [1.82, 2.24) is 0 Å². The van der Waals surface area contributed by atoms with Crippen molar-refractivity contribution in [2.24, 2.45) is 5.73 Å². The number of nitrogens with two attached hydrogens (primary N) is 1. The molecular formula is C13H20N2O. The molecule has 0 fully saturated rings. The average molecular weight is 220 g/mol. The predicted molar refractivity (Wildman–Crippen MR) is 67.3 cm³/mol. The first-order chi connectivity index (χ1) is 7.63. The zero-order valence-corrected chi connectivity index (χ0v) is 9.99. The van der Waals surface area contributed by atoms with Crippen LogP contribution in [0.1, 0.15) is 32.3 Å². The number of unbranched alkanes of at least 4 members (excludes halogenated alkanes) is 1. The molecule has 1 aromatic carbocycles. The zero-order valence-electron chi connectivity index (χ0n) is 9.99. The molecule has 0 aliphatic heterocycles. The molecule has 16 heavy (non-hydrogen) atoms. The molecule has 0 radical (unpaired) electrons. The predicted octanol–water partition coefficient (Wildman–Crippen LogP) is 2.31. The van der Waals surface area contributed by atoms with Crippen LogP contribution in [-0.4, -0.2) is 11.9 Å². The van der Waals surface area contributed by atoms with Gasteiger partial charge in [-0.25, -0.2) is 0 Å². The lowest BCUT2D eigenvalue weighted by atomic mass is 10.1. The molecule has 0 heterocycles. The van der Waals surface area contributed by atoms with Crippen LogP contribution in [-0.2, 0) is 11.2 Å². The van der Waals surface area contributed by atoms with Gasteiger partial charge < -0.3 is 11.1 Å². The van der Waals surface area contributed by atoms with Gasteiger partial charge in [0.1, 0.15) is 0 Å². The number of carbonyl (C=O) groups is 1. The van der Waals surface area contributed by atoms with Crippen molar-refractivity contribution in [3.63, 3.8) is 0 Å². The van der Waals surface area contributed by atoms with E-state index in [2.05, 4.69) is 12.2 Å². The number of anilines is 1. The van der Waals surface area contributed by atoms with Gasteiger partial charge in [0.2, 0.25) is 5.91 Å². The van der Waals surface area contributed by atoms with Gasteiger partial charge in [0, 0.05) is 5.69 Å². The van der Waals surface area contributed by atoms with E-state index in [0.717, 1.165) is 12.1 Å². The molecule has 0 aliphatic carbocycles. The minimum atomic E-state index is -0.472. The van der Waals surface area contributed by atoms with E-state index in [1.54, 1.807) is 6.92 Å². The molecule has 3 N–H and O–H groups in total. The number of aryl methyl sites for hydroxylation is 1. The Hall–Kier alpha value is -1.35. The van der Waals surface area contributed by atoms with Crippen molar-refractivity contribution in [2.45, 2.75) is 39.2 Å². The summed E-state index contributed by atoms with van der Waals surface area (Å²) in [6.07, 6.45) is 3.49. The molecule has 0 spiro atoms. The summed E-state index contributed by atoms with van der Waals surface area (Å²) in [5.41, 5.74) is 7.58. The van der Waals surface area contributed by atoms with E-state index in [1.807, 2.05) is 24.3 Å². The zero-order chi connectivity index (χ0) is 12.0. The van der Waals surface area contributed by atoms with Gasteiger partial charge in [0.25, 0.3) is 0 Å². The van der Waals surface area contributed by atoms with Crippen LogP contribution in [0.25, 0.3) is 0 Å². The number of rotatable bonds is 5. The molecule has 0 saturated heterocycles. The van der Waals surface area contributed by atoms with E-state index < -0.39 is 6.04 Å². The lowest BCUT2D eigenvalue weighted by Crippen LogP contribution is -2.32. The summed E-state index contributed by atoms with van der Waals surface area (Å²) < 4.78 is 0. The van der Waals surface area contributed by atoms with Gasteiger partial charge in [0.15, 0.2) is 0 Å². The van der Waals surface area contributed by atoms with E-state index in [0.29, 0.717) is 0 Å². The van der Waals surface area contributed by atoms with E-state index in [-0.39, 0.29) is 5.91 Å². The van der Waals surface area contributed by atoms with Gasteiger partial charge in [-0.2, -0.15) is 0 Å². The molecule has 0 unspecified atom stereocenters. The van der Waals surface area contributed by atoms with Crippen molar-refractivity contribution >= 4 is 11.6 Å². The third-order valence-electron chi connectivity index (χ3n) is 2.45. The third kappa shape index (κ3) is 4.03. The second-order valence-electron chi connectivity index (χ2n) is 4.08. The summed E-state index contributed by atoms with van der Waals surface area (Å²) >= 11 is 0. The fourth-order valence-electron chi connectivity index (χ4n) is 1.39. The smallest absolute Gasteiger partial charge is 0.240 e. The maximum atomic E-state index is 11.3. The van der Waals surface area contributed by atoms with Crippen LogP contribution in [0, 0.1) is 0 Å². The number of amides is 1. The van der Waals surface area contributed by atoms with Crippen molar-refractivity contribution < 1.29 is 4.79 Å². The molecule has 0 aromatic heterocycles. The molecule has 0 saturated carbocycles. The Balaban J connectivity index is 2.54. The molecular weight excluding hydrogens is 200 g/mol. The molecule has 0 aliphatic rings. The molecule has 0 bridgehead atoms. The first-order valence-electron chi connectivity index (χ1n) is 5.79. The van der Waals surface area contributed by atoms with Crippen LogP contribution in [0.15, 0.2) is 24.3 Å². The molecule has 1 amide bonds. The van der Waals surface area contributed by atoms with Crippen LogP contribution in [0.4, 0.5) is 5.69 Å². The van der Waals surface area contributed by atoms with Crippen LogP contribution < -0.4 is 11.1 Å². The molecule has 88 valence electrons. The number of carbonyl (C=O) groups excluding carboxylic acids is 1. The Morgan fingerprint density at radius 3 is 2.50 bits per heavy atom. The largest absolute Gasteiger partial charge is 0.325 e. The van der Waals surface area contributed by atoms with Crippen molar-refractivity contribution in [3.8, 4) is 0 Å². The highest BCUT2D eigenvalue weighted by molar-refractivity contribution is 5.94. The summed E-state index contributed by atoms with van der Waals surface area (Å²) in [7, 11) is 0. The normalized spacial score (nSPS) is 12.2. The maximum Gasteiger partial charge on any atom is 0.240 e. The second kappa shape index (κ2) is 6.28. The topological polar surface area (TPSA) is 55.1 Å². The maximum absolute atomic E-state index is 11.3. The van der Waals surface area contributed by atoms with Crippen molar-refractivity contribution in [3.05, 3.63) is 29.8 Å². The minimum Gasteiger partial charge on any atom is -0.325 e. The fraction of sp³-hybridized carbons (Fsp3) is 0.462. The third-order valence-corrected chi connectivity index (χ3v) is 2.45. The fourth-order valence-corrected chi connectivity index (χ4v) is 1.39. The Bertz CT molecular complexity index is 330. The Morgan fingerprint density at radius 1 is 1.38 bits per heavy atom. The van der Waals surface area contributed by atoms with E-state index >= 15 is 0 Å². The Kier molecular flexibility index (Phi) is 4.99. The van der Waals surface area contributed by atoms with Crippen LogP contribution in [0.5, 0.6) is 0 Å². The van der Waals surface area contributed by atoms with E-state index in [1.165, 1.54) is 18.4 Å². The van der Waals surface area contributed by atoms with Crippen molar-refractivity contribution in [2.75, 3.05) is 5.32 Å². The number of hydrogen-bond acceptors (Lipinski definition) is 2. The molecule has 3 nitrogen and oxygen atoms in total. The average Bonchev–Trinajstić information content (AvgIpc) is 2.28. The summed E-state index contributed by atoms with van der Waals surface area (Å²) in [5, 5.41) is 2.76. The molecule has 1 atom stereocenters. The van der Waals surface area contributed by atoms with E-state index in [4.69, 9.17) is 5.73 Å². The summed E-state index contributed by atoms with van der Waals surface area (Å²) in [6, 6.07) is 7.47. The van der Waals surface area contributed by atoms with Gasteiger partial charge >= 0.3 is 0 Å². The highest BCUT2D eigenvalue weighted by Crippen LogP contribution is 2.11. The van der Waals surface area contributed by atoms with Gasteiger partial charge in [-0.1, -0.05) is 25.5 Å². The van der Waals surface area contributed by atoms with E-state index in [9.17, 15) is 4.79 Å². The summed E-state index contributed by atoms with van der Waals surface area (Å²) in [4.78, 5) is 11.3. The lowest BCUT2D eigenvalue weighted by Gasteiger charge is -2.08. The number of nitrogens with one attached hydrogen (secondary N) is 1. The van der Waals surface area contributed by atoms with Gasteiger partial charge in [0.05, 0.1) is 6.04 Å². The second-order valence-corrected chi connectivity index (χ2v) is 4.08. The van der Waals surface area contributed by atoms with Crippen LogP contribution >= 0.6 is 0 Å². The highest BCUT2D eigenvalue weighted by atomic mass is 16.2. The number of hydrogen-bond donors (Lipinski definition) is 2. The van der Waals surface area contributed by atoms with Crippen LogP contribution in [0.2, 0.25) is 0 Å². The SMILES string of the molecule is CCCCc1ccc(NC(=O)[C@@H](C)N)cc1. The highest BCUT2D eigenvalue weighted by Gasteiger charge is 2.06. The summed E-state index contributed by atoms with van der Waals surface area (Å²) in [5.74, 6) is -0.152. The van der Waals surface area contributed by atoms with Crippen molar-refractivity contribution in [1.29, 1.82) is 0 Å². The lowest BCUT2D eigenvalue weighted by molar-refractivity contribution is -0.117. The Labute approximate surface area is 97.0 Å². The molecule has 3 heteroatoms. The summed E-state index contributed by atoms with van der Waals surface area (Å²) in [6.45, 7) is 3.85. The first-order valence-corrected chi connectivity index (χ1v) is 5.79. The van der Waals surface area contributed by atoms with Gasteiger partial charge in [-0.15, -0.1) is 0 Å². The monoisotopic (exact) mass is 220 g/mol. The minimum absolute atomic E-state index is 0.152. The standard InChI is InChI=1S/C13H20N2O/c1-3-4-5-11-6-8-12(9-7-11)15-13(16)10(2)14/h6-10H,3-5,14H2,1-2H3,(H,15,16)/t10-/m1/s1. The Morgan fingerprint density at radius 2 is 2.00 bits per heavy atom. The molecule has 1 rings (SSSR count). The van der Waals surface area contributed by atoms with Gasteiger partial charge in [-0.05, 0) is 37.5 Å². The molecule has 1 aromatic rings. The van der Waals surface area contributed by atoms with Gasteiger partial charge in [-0.3, -0.25) is 4.79 Å². The van der Waals surface area contributed by atoms with Crippen LogP contribution in [0.3, 0.4) is 0 Å². The quantitative estimate of drug-likeness (QED) is 0.800. The first kappa shape index (κ1) is 12.7.